The Labute approximate surface area is 170 Å². The molecule has 1 atom stereocenters. The SMILES string of the molecule is CC1CCCN1C1CCN(c2ccc(C(=O)c3nccn3C)cc2[N+](=O)[O-])CC1. The average Bonchev–Trinajstić information content (AvgIpc) is 3.35. The number of nitrogens with zero attached hydrogens (tertiary/aromatic N) is 5. The van der Waals surface area contributed by atoms with Crippen LogP contribution in [0.5, 0.6) is 0 Å². The number of rotatable bonds is 5. The van der Waals surface area contributed by atoms with Crippen molar-refractivity contribution in [3.63, 3.8) is 0 Å². The summed E-state index contributed by atoms with van der Waals surface area (Å²) in [6, 6.07) is 5.98. The van der Waals surface area contributed by atoms with Crippen molar-refractivity contribution in [3.05, 3.63) is 52.1 Å². The number of benzene rings is 1. The monoisotopic (exact) mass is 397 g/mol. The van der Waals surface area contributed by atoms with Gasteiger partial charge in [-0.25, -0.2) is 4.98 Å². The second-order valence-corrected chi connectivity index (χ2v) is 8.10. The van der Waals surface area contributed by atoms with Gasteiger partial charge in [0.15, 0.2) is 5.82 Å². The summed E-state index contributed by atoms with van der Waals surface area (Å²) in [7, 11) is 1.73. The van der Waals surface area contributed by atoms with Crippen molar-refractivity contribution in [2.45, 2.75) is 44.7 Å². The average molecular weight is 397 g/mol. The number of likely N-dealkylation sites (tertiary alicyclic amines) is 1. The molecule has 154 valence electrons. The van der Waals surface area contributed by atoms with Crippen LogP contribution in [0.1, 0.15) is 48.8 Å². The zero-order chi connectivity index (χ0) is 20.5. The molecule has 0 bridgehead atoms. The third kappa shape index (κ3) is 3.76. The maximum Gasteiger partial charge on any atom is 0.293 e. The summed E-state index contributed by atoms with van der Waals surface area (Å²) in [4.78, 5) is 32.8. The Kier molecular flexibility index (Phi) is 5.36. The van der Waals surface area contributed by atoms with E-state index in [-0.39, 0.29) is 27.8 Å². The predicted octanol–water partition coefficient (Wildman–Crippen LogP) is 3.01. The summed E-state index contributed by atoms with van der Waals surface area (Å²) in [5, 5.41) is 11.7. The molecule has 1 aromatic carbocycles. The van der Waals surface area contributed by atoms with Gasteiger partial charge in [-0.3, -0.25) is 19.8 Å². The lowest BCUT2D eigenvalue weighted by Gasteiger charge is -2.39. The molecule has 0 radical (unpaired) electrons. The highest BCUT2D eigenvalue weighted by atomic mass is 16.6. The normalized spacial score (nSPS) is 20.9. The molecule has 0 amide bonds. The number of ketones is 1. The highest BCUT2D eigenvalue weighted by Gasteiger charge is 2.32. The van der Waals surface area contributed by atoms with E-state index in [1.165, 1.54) is 18.9 Å². The topological polar surface area (TPSA) is 84.5 Å². The largest absolute Gasteiger partial charge is 0.366 e. The molecule has 8 nitrogen and oxygen atoms in total. The van der Waals surface area contributed by atoms with Crippen molar-refractivity contribution in [1.29, 1.82) is 0 Å². The molecule has 2 aliphatic heterocycles. The molecule has 0 aliphatic carbocycles. The number of piperidine rings is 1. The van der Waals surface area contributed by atoms with Gasteiger partial charge in [-0.1, -0.05) is 0 Å². The zero-order valence-corrected chi connectivity index (χ0v) is 17.0. The molecule has 0 N–H and O–H groups in total. The van der Waals surface area contributed by atoms with Crippen molar-refractivity contribution in [3.8, 4) is 0 Å². The fourth-order valence-corrected chi connectivity index (χ4v) is 4.73. The van der Waals surface area contributed by atoms with Crippen molar-refractivity contribution < 1.29 is 9.72 Å². The van der Waals surface area contributed by atoms with Gasteiger partial charge in [0.1, 0.15) is 5.69 Å². The Morgan fingerprint density at radius 1 is 1.21 bits per heavy atom. The highest BCUT2D eigenvalue weighted by Crippen LogP contribution is 2.33. The van der Waals surface area contributed by atoms with Crippen LogP contribution >= 0.6 is 0 Å². The van der Waals surface area contributed by atoms with E-state index in [4.69, 9.17) is 0 Å². The van der Waals surface area contributed by atoms with Crippen LogP contribution in [0.4, 0.5) is 11.4 Å². The van der Waals surface area contributed by atoms with E-state index in [0.29, 0.717) is 17.8 Å². The smallest absolute Gasteiger partial charge is 0.293 e. The minimum absolute atomic E-state index is 0.0157. The number of hydrogen-bond acceptors (Lipinski definition) is 6. The molecule has 1 unspecified atom stereocenters. The first-order chi connectivity index (χ1) is 14.0. The van der Waals surface area contributed by atoms with Crippen LogP contribution in [0.3, 0.4) is 0 Å². The van der Waals surface area contributed by atoms with E-state index in [1.807, 2.05) is 0 Å². The first-order valence-corrected chi connectivity index (χ1v) is 10.3. The van der Waals surface area contributed by atoms with Crippen LogP contribution < -0.4 is 4.90 Å². The molecule has 2 fully saturated rings. The number of imidazole rings is 1. The number of nitro benzene ring substituents is 1. The van der Waals surface area contributed by atoms with E-state index in [9.17, 15) is 14.9 Å². The number of carbonyl (C=O) groups excluding carboxylic acids is 1. The minimum Gasteiger partial charge on any atom is -0.366 e. The lowest BCUT2D eigenvalue weighted by Crippen LogP contribution is -2.46. The molecule has 2 aromatic rings. The van der Waals surface area contributed by atoms with Crippen LogP contribution in [-0.4, -0.2) is 56.9 Å². The first kappa shape index (κ1) is 19.6. The molecule has 2 aliphatic rings. The maximum atomic E-state index is 12.7. The van der Waals surface area contributed by atoms with Gasteiger partial charge in [0.2, 0.25) is 5.78 Å². The predicted molar refractivity (Wildman–Crippen MR) is 110 cm³/mol. The molecule has 3 heterocycles. The molecular weight excluding hydrogens is 370 g/mol. The second-order valence-electron chi connectivity index (χ2n) is 8.10. The fraction of sp³-hybridized carbons (Fsp3) is 0.524. The molecule has 0 saturated carbocycles. The van der Waals surface area contributed by atoms with Gasteiger partial charge in [0, 0.05) is 56.2 Å². The lowest BCUT2D eigenvalue weighted by atomic mass is 10.0. The Hall–Kier alpha value is -2.74. The van der Waals surface area contributed by atoms with E-state index >= 15 is 0 Å². The second kappa shape index (κ2) is 7.94. The zero-order valence-electron chi connectivity index (χ0n) is 17.0. The van der Waals surface area contributed by atoms with E-state index in [2.05, 4.69) is 21.7 Å². The van der Waals surface area contributed by atoms with Crippen LogP contribution in [0.2, 0.25) is 0 Å². The van der Waals surface area contributed by atoms with Gasteiger partial charge < -0.3 is 9.47 Å². The van der Waals surface area contributed by atoms with E-state index < -0.39 is 0 Å². The van der Waals surface area contributed by atoms with Crippen LogP contribution in [0.15, 0.2) is 30.6 Å². The van der Waals surface area contributed by atoms with E-state index in [1.54, 1.807) is 36.1 Å². The number of aromatic nitrogens is 2. The third-order valence-corrected chi connectivity index (χ3v) is 6.34. The van der Waals surface area contributed by atoms with Gasteiger partial charge in [-0.2, -0.15) is 0 Å². The summed E-state index contributed by atoms with van der Waals surface area (Å²) in [6.07, 6.45) is 7.77. The van der Waals surface area contributed by atoms with Gasteiger partial charge in [-0.15, -0.1) is 0 Å². The van der Waals surface area contributed by atoms with Crippen molar-refractivity contribution >= 4 is 17.2 Å². The summed E-state index contributed by atoms with van der Waals surface area (Å²) in [6.45, 7) is 5.04. The third-order valence-electron chi connectivity index (χ3n) is 6.34. The summed E-state index contributed by atoms with van der Waals surface area (Å²) in [5.41, 5.74) is 0.868. The molecule has 2 saturated heterocycles. The molecule has 1 aromatic heterocycles. The Morgan fingerprint density at radius 3 is 2.55 bits per heavy atom. The van der Waals surface area contributed by atoms with Gasteiger partial charge in [0.05, 0.1) is 4.92 Å². The molecule has 29 heavy (non-hydrogen) atoms. The summed E-state index contributed by atoms with van der Waals surface area (Å²) >= 11 is 0. The summed E-state index contributed by atoms with van der Waals surface area (Å²) in [5.74, 6) is -0.0403. The highest BCUT2D eigenvalue weighted by molar-refractivity contribution is 6.07. The Balaban J connectivity index is 1.53. The molecule has 0 spiro atoms. The molecule has 8 heteroatoms. The number of hydrogen-bond donors (Lipinski definition) is 0. The lowest BCUT2D eigenvalue weighted by molar-refractivity contribution is -0.384. The number of carbonyl (C=O) groups is 1. The molecule has 4 rings (SSSR count). The van der Waals surface area contributed by atoms with Crippen molar-refractivity contribution in [2.75, 3.05) is 24.5 Å². The number of anilines is 1. The van der Waals surface area contributed by atoms with Gasteiger partial charge in [-0.05, 0) is 51.3 Å². The first-order valence-electron chi connectivity index (χ1n) is 10.3. The van der Waals surface area contributed by atoms with Crippen molar-refractivity contribution in [1.82, 2.24) is 14.5 Å². The van der Waals surface area contributed by atoms with Crippen molar-refractivity contribution in [2.24, 2.45) is 7.05 Å². The number of aryl methyl sites for hydroxylation is 1. The maximum absolute atomic E-state index is 12.7. The Bertz CT molecular complexity index is 917. The quantitative estimate of drug-likeness (QED) is 0.438. The van der Waals surface area contributed by atoms with Gasteiger partial charge >= 0.3 is 0 Å². The van der Waals surface area contributed by atoms with Crippen LogP contribution in [0, 0.1) is 10.1 Å². The van der Waals surface area contributed by atoms with Crippen LogP contribution in [-0.2, 0) is 7.05 Å². The standard InChI is InChI=1S/C21H27N5O3/c1-15-4-3-10-25(15)17-7-11-24(12-8-17)18-6-5-16(14-19(18)26(28)29)20(27)21-22-9-13-23(21)2/h5-6,9,13-15,17H,3-4,7-8,10-12H2,1-2H3. The minimum atomic E-state index is -0.390. The number of nitro groups is 1. The van der Waals surface area contributed by atoms with E-state index in [0.717, 1.165) is 32.5 Å². The Morgan fingerprint density at radius 2 is 1.97 bits per heavy atom. The molecular formula is C21H27N5O3. The van der Waals surface area contributed by atoms with Gasteiger partial charge in [0.25, 0.3) is 5.69 Å². The fourth-order valence-electron chi connectivity index (χ4n) is 4.73. The summed E-state index contributed by atoms with van der Waals surface area (Å²) < 4.78 is 1.62. The van der Waals surface area contributed by atoms with Crippen LogP contribution in [0.25, 0.3) is 0 Å².